The molecule has 5 aromatic rings. The van der Waals surface area contributed by atoms with E-state index in [-0.39, 0.29) is 11.5 Å². The number of nitrogens with one attached hydrogen (secondary N) is 1. The number of fused-ring (bicyclic) bond motifs is 1. The van der Waals surface area contributed by atoms with Gasteiger partial charge in [-0.05, 0) is 28.5 Å². The summed E-state index contributed by atoms with van der Waals surface area (Å²) < 4.78 is 41.4. The molecule has 0 aliphatic carbocycles. The highest BCUT2D eigenvalue weighted by Crippen LogP contribution is 2.34. The number of halogens is 3. The maximum atomic E-state index is 13.3. The van der Waals surface area contributed by atoms with Gasteiger partial charge in [-0.15, -0.1) is 10.2 Å². The van der Waals surface area contributed by atoms with Gasteiger partial charge in [0.25, 0.3) is 0 Å². The molecule has 0 bridgehead atoms. The number of anilines is 2. The molecule has 0 radical (unpaired) electrons. The van der Waals surface area contributed by atoms with E-state index in [0.717, 1.165) is 22.8 Å². The molecule has 0 amide bonds. The average Bonchev–Trinajstić information content (AvgIpc) is 3.49. The van der Waals surface area contributed by atoms with E-state index in [4.69, 9.17) is 0 Å². The first-order valence-corrected chi connectivity index (χ1v) is 9.51. The zero-order chi connectivity index (χ0) is 22.3. The number of benzene rings is 2. The van der Waals surface area contributed by atoms with Gasteiger partial charge < -0.3 is 4.90 Å². The summed E-state index contributed by atoms with van der Waals surface area (Å²) in [5.74, 6) is 0.714. The molecule has 0 aliphatic rings. The molecule has 0 unspecified atom stereocenters. The molecule has 160 valence electrons. The summed E-state index contributed by atoms with van der Waals surface area (Å²) in [6.07, 6.45) is -3.15. The first kappa shape index (κ1) is 19.7. The van der Waals surface area contributed by atoms with Crippen molar-refractivity contribution < 1.29 is 13.2 Å². The predicted molar refractivity (Wildman–Crippen MR) is 111 cm³/mol. The zero-order valence-corrected chi connectivity index (χ0v) is 16.6. The summed E-state index contributed by atoms with van der Waals surface area (Å²) in [6.45, 7) is 0. The summed E-state index contributed by atoms with van der Waals surface area (Å²) >= 11 is 0. The number of nitrogens with zero attached hydrogens (tertiary/aromatic N) is 7. The third-order valence-electron chi connectivity index (χ3n) is 5.05. The fourth-order valence-corrected chi connectivity index (χ4v) is 3.48. The molecule has 1 N–H and O–H groups in total. The highest BCUT2D eigenvalue weighted by molar-refractivity contribution is 5.81. The van der Waals surface area contributed by atoms with Crippen LogP contribution in [0.2, 0.25) is 0 Å². The number of hydrogen-bond donors (Lipinski definition) is 1. The van der Waals surface area contributed by atoms with Crippen molar-refractivity contribution in [2.45, 2.75) is 6.18 Å². The van der Waals surface area contributed by atoms with Crippen LogP contribution in [0.5, 0.6) is 0 Å². The van der Waals surface area contributed by atoms with Gasteiger partial charge in [-0.2, -0.15) is 28.0 Å². The largest absolute Gasteiger partial charge is 0.433 e. The lowest BCUT2D eigenvalue weighted by Crippen LogP contribution is -2.17. The summed E-state index contributed by atoms with van der Waals surface area (Å²) in [4.78, 5) is 5.29. The van der Waals surface area contributed by atoms with Gasteiger partial charge in [0.05, 0.1) is 6.20 Å². The van der Waals surface area contributed by atoms with Crippen molar-refractivity contribution in [3.8, 4) is 22.5 Å². The van der Waals surface area contributed by atoms with Crippen LogP contribution in [0, 0.1) is 0 Å². The Morgan fingerprint density at radius 1 is 0.969 bits per heavy atom. The van der Waals surface area contributed by atoms with E-state index in [1.54, 1.807) is 11.9 Å². The third kappa shape index (κ3) is 3.43. The number of rotatable bonds is 4. The number of H-pyrrole nitrogens is 1. The topological polar surface area (TPSA) is 87.9 Å². The van der Waals surface area contributed by atoms with E-state index in [0.29, 0.717) is 11.5 Å². The van der Waals surface area contributed by atoms with Gasteiger partial charge in [0.2, 0.25) is 5.82 Å². The lowest BCUT2D eigenvalue weighted by Gasteiger charge is -2.21. The van der Waals surface area contributed by atoms with E-state index in [1.807, 2.05) is 48.5 Å². The molecule has 0 saturated carbocycles. The molecule has 0 atom stereocenters. The Balaban J connectivity index is 1.53. The van der Waals surface area contributed by atoms with E-state index in [2.05, 4.69) is 30.7 Å². The second kappa shape index (κ2) is 7.45. The lowest BCUT2D eigenvalue weighted by molar-refractivity contribution is -0.141. The summed E-state index contributed by atoms with van der Waals surface area (Å²) in [6, 6.07) is 17.5. The van der Waals surface area contributed by atoms with Gasteiger partial charge >= 0.3 is 6.18 Å². The molecule has 0 aliphatic heterocycles. The quantitative estimate of drug-likeness (QED) is 0.450. The van der Waals surface area contributed by atoms with Crippen molar-refractivity contribution in [1.82, 2.24) is 35.2 Å². The fourth-order valence-electron chi connectivity index (χ4n) is 3.48. The first-order chi connectivity index (χ1) is 15.4. The smallest absolute Gasteiger partial charge is 0.329 e. The average molecular weight is 436 g/mol. The van der Waals surface area contributed by atoms with Crippen LogP contribution in [0.15, 0.2) is 66.9 Å². The van der Waals surface area contributed by atoms with Crippen LogP contribution in [-0.2, 0) is 6.18 Å². The predicted octanol–water partition coefficient (Wildman–Crippen LogP) is 4.36. The van der Waals surface area contributed by atoms with Gasteiger partial charge in [-0.1, -0.05) is 36.4 Å². The number of alkyl halides is 3. The van der Waals surface area contributed by atoms with Crippen LogP contribution in [0.1, 0.15) is 5.69 Å². The van der Waals surface area contributed by atoms with Crippen LogP contribution < -0.4 is 4.90 Å². The van der Waals surface area contributed by atoms with Gasteiger partial charge in [-0.3, -0.25) is 0 Å². The van der Waals surface area contributed by atoms with E-state index in [1.165, 1.54) is 16.8 Å². The van der Waals surface area contributed by atoms with Crippen molar-refractivity contribution in [1.29, 1.82) is 0 Å². The Labute approximate surface area is 179 Å². The van der Waals surface area contributed by atoms with Crippen molar-refractivity contribution in [3.63, 3.8) is 0 Å². The summed E-state index contributed by atoms with van der Waals surface area (Å²) in [7, 11) is 1.68. The maximum Gasteiger partial charge on any atom is 0.433 e. The van der Waals surface area contributed by atoms with Crippen molar-refractivity contribution in [2.24, 2.45) is 0 Å². The Morgan fingerprint density at radius 2 is 1.72 bits per heavy atom. The second-order valence-electron chi connectivity index (χ2n) is 6.99. The standard InChI is InChI=1S/C21H15F3N8/c1-31(19-12-17(21(22,23)24)26-18-10-11-25-32(18)19)14-8-6-13(7-9-14)15-4-2-3-5-16(15)20-27-29-30-28-20/h2-12H,1H3,(H,27,28,29,30). The van der Waals surface area contributed by atoms with Gasteiger partial charge in [0.1, 0.15) is 5.82 Å². The molecule has 32 heavy (non-hydrogen) atoms. The van der Waals surface area contributed by atoms with E-state index >= 15 is 0 Å². The van der Waals surface area contributed by atoms with Crippen LogP contribution in [0.3, 0.4) is 0 Å². The highest BCUT2D eigenvalue weighted by Gasteiger charge is 2.34. The molecule has 0 fully saturated rings. The fraction of sp³-hybridized carbons (Fsp3) is 0.0952. The molecule has 0 spiro atoms. The first-order valence-electron chi connectivity index (χ1n) is 9.51. The Kier molecular flexibility index (Phi) is 4.58. The molecule has 2 aromatic carbocycles. The van der Waals surface area contributed by atoms with Crippen molar-refractivity contribution in [2.75, 3.05) is 11.9 Å². The van der Waals surface area contributed by atoms with Crippen LogP contribution in [0.25, 0.3) is 28.2 Å². The molecular formula is C21H15F3N8. The molecule has 11 heteroatoms. The molecule has 5 rings (SSSR count). The maximum absolute atomic E-state index is 13.3. The monoisotopic (exact) mass is 436 g/mol. The Morgan fingerprint density at radius 3 is 2.41 bits per heavy atom. The number of aromatic amines is 1. The minimum absolute atomic E-state index is 0.118. The molecule has 3 heterocycles. The minimum Gasteiger partial charge on any atom is -0.329 e. The number of hydrogen-bond acceptors (Lipinski definition) is 6. The molecule has 3 aromatic heterocycles. The SMILES string of the molecule is CN(c1ccc(-c2ccccc2-c2nn[nH]n2)cc1)c1cc(C(F)(F)F)nc2ccnn12. The molecular weight excluding hydrogens is 421 g/mol. The molecule has 8 nitrogen and oxygen atoms in total. The van der Waals surface area contributed by atoms with Gasteiger partial charge in [0, 0.05) is 30.4 Å². The van der Waals surface area contributed by atoms with Crippen molar-refractivity contribution >= 4 is 17.2 Å². The summed E-state index contributed by atoms with van der Waals surface area (Å²) in [5, 5.41) is 18.3. The zero-order valence-electron chi connectivity index (χ0n) is 16.6. The van der Waals surface area contributed by atoms with E-state index in [9.17, 15) is 13.2 Å². The van der Waals surface area contributed by atoms with Crippen LogP contribution >= 0.6 is 0 Å². The van der Waals surface area contributed by atoms with Gasteiger partial charge in [-0.25, -0.2) is 4.98 Å². The molecule has 0 saturated heterocycles. The third-order valence-corrected chi connectivity index (χ3v) is 5.05. The van der Waals surface area contributed by atoms with Crippen molar-refractivity contribution in [3.05, 3.63) is 72.6 Å². The number of tetrazole rings is 1. The highest BCUT2D eigenvalue weighted by atomic mass is 19.4. The Bertz CT molecular complexity index is 1370. The van der Waals surface area contributed by atoms with Gasteiger partial charge in [0.15, 0.2) is 11.3 Å². The summed E-state index contributed by atoms with van der Waals surface area (Å²) in [5.41, 5.74) is 2.44. The van der Waals surface area contributed by atoms with Crippen LogP contribution in [0.4, 0.5) is 24.7 Å². The van der Waals surface area contributed by atoms with Crippen LogP contribution in [-0.4, -0.2) is 42.3 Å². The lowest BCUT2D eigenvalue weighted by atomic mass is 9.99. The number of aromatic nitrogens is 7. The normalized spacial score (nSPS) is 11.8. The Hall–Kier alpha value is -4.28. The van der Waals surface area contributed by atoms with E-state index < -0.39 is 11.9 Å². The minimum atomic E-state index is -4.57. The second-order valence-corrected chi connectivity index (χ2v) is 6.99.